The van der Waals surface area contributed by atoms with Gasteiger partial charge in [-0.05, 0) is 106 Å². The van der Waals surface area contributed by atoms with Gasteiger partial charge in [0.25, 0.3) is 0 Å². The van der Waals surface area contributed by atoms with Crippen LogP contribution in [0.3, 0.4) is 0 Å². The van der Waals surface area contributed by atoms with Crippen molar-refractivity contribution in [2.45, 2.75) is 0 Å². The number of hydrogen-bond donors (Lipinski definition) is 0. The van der Waals surface area contributed by atoms with Crippen molar-refractivity contribution >= 4 is 70.4 Å². The fraction of sp³-hybridized carbons (Fsp3) is 0. The lowest BCUT2D eigenvalue weighted by molar-refractivity contribution is 1.19. The van der Waals surface area contributed by atoms with Crippen LogP contribution in [0, 0.1) is 0 Å². The van der Waals surface area contributed by atoms with Crippen molar-refractivity contribution in [3.63, 3.8) is 0 Å². The van der Waals surface area contributed by atoms with Crippen LogP contribution >= 0.6 is 11.3 Å². The zero-order valence-electron chi connectivity index (χ0n) is 31.1. The van der Waals surface area contributed by atoms with Crippen LogP contribution < -0.4 is 4.90 Å². The fourth-order valence-corrected chi connectivity index (χ4v) is 9.65. The number of aromatic nitrogens is 1. The second-order valence-electron chi connectivity index (χ2n) is 14.5. The Morgan fingerprint density at radius 1 is 0.316 bits per heavy atom. The number of thiophene rings is 1. The molecule has 0 atom stereocenters. The molecule has 2 aromatic heterocycles. The lowest BCUT2D eigenvalue weighted by atomic mass is 9.93. The van der Waals surface area contributed by atoms with E-state index in [0.29, 0.717) is 0 Å². The Bertz CT molecular complexity index is 3210. The average Bonchev–Trinajstić information content (AvgIpc) is 3.83. The van der Waals surface area contributed by atoms with Crippen LogP contribution in [0.2, 0.25) is 0 Å². The highest BCUT2D eigenvalue weighted by Crippen LogP contribution is 2.42. The summed E-state index contributed by atoms with van der Waals surface area (Å²) in [6.07, 6.45) is 0. The Morgan fingerprint density at radius 2 is 0.842 bits per heavy atom. The van der Waals surface area contributed by atoms with Crippen LogP contribution in [0.25, 0.3) is 81.0 Å². The standard InChI is InChI=1S/C54H36N2S/c1-3-13-37(14-4-1)38-23-28-42(29-24-38)55(41-15-5-2-6-16-41)43-30-25-39(26-31-43)45-17-7-8-18-46(45)40-27-34-52-50(35-40)47-19-9-11-21-51(47)56(52)44-32-33-49-48-20-10-12-22-53(48)57-54(49)36-44/h1-36H. The molecular weight excluding hydrogens is 709 g/mol. The van der Waals surface area contributed by atoms with Gasteiger partial charge in [-0.3, -0.25) is 0 Å². The van der Waals surface area contributed by atoms with E-state index in [4.69, 9.17) is 0 Å². The number of hydrogen-bond acceptors (Lipinski definition) is 2. The van der Waals surface area contributed by atoms with E-state index in [1.54, 1.807) is 0 Å². The summed E-state index contributed by atoms with van der Waals surface area (Å²) in [6, 6.07) is 79.2. The van der Waals surface area contributed by atoms with Crippen molar-refractivity contribution in [3.8, 4) is 39.1 Å². The van der Waals surface area contributed by atoms with Crippen molar-refractivity contribution in [3.05, 3.63) is 218 Å². The summed E-state index contributed by atoms with van der Waals surface area (Å²) in [5.41, 5.74) is 14.2. The zero-order valence-corrected chi connectivity index (χ0v) is 31.9. The molecule has 0 aliphatic heterocycles. The van der Waals surface area contributed by atoms with Crippen molar-refractivity contribution in [2.24, 2.45) is 0 Å². The molecule has 0 unspecified atom stereocenters. The lowest BCUT2D eigenvalue weighted by Gasteiger charge is -2.26. The minimum absolute atomic E-state index is 1.11. The maximum Gasteiger partial charge on any atom is 0.0541 e. The van der Waals surface area contributed by atoms with Gasteiger partial charge in [0.15, 0.2) is 0 Å². The van der Waals surface area contributed by atoms with Crippen molar-refractivity contribution in [1.29, 1.82) is 0 Å². The van der Waals surface area contributed by atoms with E-state index in [0.717, 1.165) is 17.1 Å². The first-order valence-corrected chi connectivity index (χ1v) is 20.2. The molecule has 0 saturated carbocycles. The molecule has 2 heterocycles. The highest BCUT2D eigenvalue weighted by atomic mass is 32.1. The van der Waals surface area contributed by atoms with Crippen LogP contribution in [0.15, 0.2) is 218 Å². The molecule has 0 saturated heterocycles. The van der Waals surface area contributed by atoms with Gasteiger partial charge < -0.3 is 9.47 Å². The van der Waals surface area contributed by atoms with Crippen molar-refractivity contribution in [1.82, 2.24) is 4.57 Å². The van der Waals surface area contributed by atoms with E-state index < -0.39 is 0 Å². The fourth-order valence-electron chi connectivity index (χ4n) is 8.51. The first-order valence-electron chi connectivity index (χ1n) is 19.4. The predicted molar refractivity (Wildman–Crippen MR) is 245 cm³/mol. The maximum absolute atomic E-state index is 2.43. The van der Waals surface area contributed by atoms with E-state index >= 15 is 0 Å². The van der Waals surface area contributed by atoms with Crippen LogP contribution in [0.4, 0.5) is 17.1 Å². The average molecular weight is 745 g/mol. The number of benzene rings is 9. The minimum atomic E-state index is 1.11. The molecular formula is C54H36N2S. The number of fused-ring (bicyclic) bond motifs is 6. The summed E-state index contributed by atoms with van der Waals surface area (Å²) in [6.45, 7) is 0. The molecule has 11 aromatic rings. The van der Waals surface area contributed by atoms with E-state index in [-0.39, 0.29) is 0 Å². The molecule has 0 N–H and O–H groups in total. The third-order valence-corrected chi connectivity index (χ3v) is 12.3. The second kappa shape index (κ2) is 13.8. The molecule has 268 valence electrons. The minimum Gasteiger partial charge on any atom is -0.311 e. The predicted octanol–water partition coefficient (Wildman–Crippen LogP) is 15.6. The molecule has 0 amide bonds. The van der Waals surface area contributed by atoms with Gasteiger partial charge in [0.05, 0.1) is 11.0 Å². The quantitative estimate of drug-likeness (QED) is 0.158. The monoisotopic (exact) mass is 744 g/mol. The van der Waals surface area contributed by atoms with E-state index in [2.05, 4.69) is 228 Å². The van der Waals surface area contributed by atoms with Crippen molar-refractivity contribution in [2.75, 3.05) is 4.90 Å². The van der Waals surface area contributed by atoms with Crippen LogP contribution in [-0.4, -0.2) is 4.57 Å². The van der Waals surface area contributed by atoms with Crippen LogP contribution in [-0.2, 0) is 0 Å². The topological polar surface area (TPSA) is 8.17 Å². The molecule has 57 heavy (non-hydrogen) atoms. The van der Waals surface area contributed by atoms with Gasteiger partial charge in [0.2, 0.25) is 0 Å². The van der Waals surface area contributed by atoms with Gasteiger partial charge in [0.1, 0.15) is 0 Å². The Morgan fingerprint density at radius 3 is 1.60 bits per heavy atom. The maximum atomic E-state index is 2.43. The molecule has 2 nitrogen and oxygen atoms in total. The molecule has 0 radical (unpaired) electrons. The first-order chi connectivity index (χ1) is 28.3. The van der Waals surface area contributed by atoms with Gasteiger partial charge in [-0.2, -0.15) is 0 Å². The number of nitrogens with zero attached hydrogens (tertiary/aromatic N) is 2. The molecule has 0 aliphatic carbocycles. The summed E-state index contributed by atoms with van der Waals surface area (Å²) >= 11 is 1.87. The van der Waals surface area contributed by atoms with Gasteiger partial charge in [-0.25, -0.2) is 0 Å². The number of rotatable bonds is 7. The summed E-state index contributed by atoms with van der Waals surface area (Å²) in [4.78, 5) is 2.33. The Hall–Kier alpha value is -7.20. The lowest BCUT2D eigenvalue weighted by Crippen LogP contribution is -2.09. The van der Waals surface area contributed by atoms with Gasteiger partial charge >= 0.3 is 0 Å². The largest absolute Gasteiger partial charge is 0.311 e. The molecule has 0 spiro atoms. The van der Waals surface area contributed by atoms with Crippen LogP contribution in [0.5, 0.6) is 0 Å². The van der Waals surface area contributed by atoms with E-state index in [1.807, 2.05) is 11.3 Å². The summed E-state index contributed by atoms with van der Waals surface area (Å²) < 4.78 is 5.06. The van der Waals surface area contributed by atoms with E-state index in [9.17, 15) is 0 Å². The third-order valence-electron chi connectivity index (χ3n) is 11.2. The highest BCUT2D eigenvalue weighted by Gasteiger charge is 2.17. The third kappa shape index (κ3) is 5.80. The molecule has 0 aliphatic rings. The van der Waals surface area contributed by atoms with Gasteiger partial charge in [0, 0.05) is 53.7 Å². The molecule has 0 fully saturated rings. The van der Waals surface area contributed by atoms with E-state index in [1.165, 1.54) is 81.0 Å². The molecule has 9 aromatic carbocycles. The summed E-state index contributed by atoms with van der Waals surface area (Å²) in [5, 5.41) is 5.15. The van der Waals surface area contributed by atoms with Crippen LogP contribution in [0.1, 0.15) is 0 Å². The Balaban J connectivity index is 0.972. The molecule has 11 rings (SSSR count). The summed E-state index contributed by atoms with van der Waals surface area (Å²) in [5.74, 6) is 0. The van der Waals surface area contributed by atoms with Gasteiger partial charge in [-0.1, -0.05) is 146 Å². The second-order valence-corrected chi connectivity index (χ2v) is 15.6. The number of anilines is 3. The SMILES string of the molecule is c1ccc(-c2ccc(N(c3ccccc3)c3ccc(-c4ccccc4-c4ccc5c(c4)c4ccccc4n5-c4ccc5c(c4)sc4ccccc45)cc3)cc2)cc1. The molecule has 0 bridgehead atoms. The smallest absolute Gasteiger partial charge is 0.0541 e. The van der Waals surface area contributed by atoms with Crippen molar-refractivity contribution < 1.29 is 0 Å². The first kappa shape index (κ1) is 33.2. The number of para-hydroxylation sites is 2. The zero-order chi connectivity index (χ0) is 37.7. The Labute approximate surface area is 335 Å². The molecule has 3 heteroatoms. The van der Waals surface area contributed by atoms with Gasteiger partial charge in [-0.15, -0.1) is 11.3 Å². The summed E-state index contributed by atoms with van der Waals surface area (Å²) in [7, 11) is 0. The Kier molecular flexibility index (Phi) is 8.04. The normalized spacial score (nSPS) is 11.5. The highest BCUT2D eigenvalue weighted by molar-refractivity contribution is 7.25.